The molecule has 2 unspecified atom stereocenters. The van der Waals surface area contributed by atoms with Gasteiger partial charge in [-0.05, 0) is 61.7 Å². The van der Waals surface area contributed by atoms with E-state index >= 15 is 0 Å². The van der Waals surface area contributed by atoms with Crippen molar-refractivity contribution in [2.45, 2.75) is 31.8 Å². The average molecular weight is 401 g/mol. The molecule has 1 saturated heterocycles. The highest BCUT2D eigenvalue weighted by atomic mass is 35.5. The van der Waals surface area contributed by atoms with Crippen LogP contribution in [0.3, 0.4) is 0 Å². The molecule has 2 atom stereocenters. The van der Waals surface area contributed by atoms with Gasteiger partial charge in [0.1, 0.15) is 13.2 Å². The van der Waals surface area contributed by atoms with Crippen molar-refractivity contribution in [1.29, 1.82) is 0 Å². The zero-order valence-electron chi connectivity index (χ0n) is 16.0. The number of benzene rings is 2. The first-order valence-electron chi connectivity index (χ1n) is 9.78. The molecule has 2 aliphatic rings. The molecule has 5 nitrogen and oxygen atoms in total. The number of rotatable bonds is 5. The summed E-state index contributed by atoms with van der Waals surface area (Å²) < 4.78 is 11.3. The molecule has 0 spiro atoms. The summed E-state index contributed by atoms with van der Waals surface area (Å²) >= 11 is 5.94. The zero-order valence-corrected chi connectivity index (χ0v) is 16.7. The maximum absolute atomic E-state index is 12.6. The van der Waals surface area contributed by atoms with Crippen LogP contribution in [0.25, 0.3) is 0 Å². The fraction of sp³-hybridized carbons (Fsp3) is 0.409. The molecule has 148 valence electrons. The lowest BCUT2D eigenvalue weighted by Gasteiger charge is -2.26. The van der Waals surface area contributed by atoms with Gasteiger partial charge in [-0.25, -0.2) is 0 Å². The van der Waals surface area contributed by atoms with E-state index in [4.69, 9.17) is 21.1 Å². The van der Waals surface area contributed by atoms with Gasteiger partial charge in [-0.1, -0.05) is 29.8 Å². The second-order valence-corrected chi connectivity index (χ2v) is 7.81. The second-order valence-electron chi connectivity index (χ2n) is 7.37. The lowest BCUT2D eigenvalue weighted by atomic mass is 10.0. The highest BCUT2D eigenvalue weighted by Gasteiger charge is 2.29. The minimum Gasteiger partial charge on any atom is -0.486 e. The summed E-state index contributed by atoms with van der Waals surface area (Å²) in [4.78, 5) is 14.9. The largest absolute Gasteiger partial charge is 0.486 e. The first-order chi connectivity index (χ1) is 13.6. The number of halogens is 1. The molecular formula is C22H25ClN2O3. The summed E-state index contributed by atoms with van der Waals surface area (Å²) in [7, 11) is 0. The van der Waals surface area contributed by atoms with E-state index in [1.165, 1.54) is 5.56 Å². The Morgan fingerprint density at radius 2 is 1.93 bits per heavy atom. The quantitative estimate of drug-likeness (QED) is 0.820. The van der Waals surface area contributed by atoms with Crippen molar-refractivity contribution in [3.8, 4) is 11.5 Å². The van der Waals surface area contributed by atoms with Gasteiger partial charge in [0.15, 0.2) is 11.5 Å². The number of hydrogen-bond acceptors (Lipinski definition) is 4. The van der Waals surface area contributed by atoms with Crippen LogP contribution in [0.1, 0.15) is 43.0 Å². The predicted molar refractivity (Wildman–Crippen MR) is 109 cm³/mol. The third-order valence-electron chi connectivity index (χ3n) is 5.41. The van der Waals surface area contributed by atoms with Crippen LogP contribution in [0.4, 0.5) is 0 Å². The van der Waals surface area contributed by atoms with E-state index in [1.807, 2.05) is 37.3 Å². The Morgan fingerprint density at radius 3 is 2.71 bits per heavy atom. The highest BCUT2D eigenvalue weighted by Crippen LogP contribution is 2.37. The Kier molecular flexibility index (Phi) is 5.74. The molecule has 1 N–H and O–H groups in total. The minimum absolute atomic E-state index is 0.0342. The molecule has 0 radical (unpaired) electrons. The molecular weight excluding hydrogens is 376 g/mol. The number of likely N-dealkylation sites (tertiary alicyclic amines) is 1. The Hall–Kier alpha value is -2.24. The molecule has 1 fully saturated rings. The lowest BCUT2D eigenvalue weighted by Crippen LogP contribution is -2.38. The van der Waals surface area contributed by atoms with E-state index in [1.54, 1.807) is 0 Å². The van der Waals surface area contributed by atoms with Gasteiger partial charge in [0.2, 0.25) is 5.91 Å². The van der Waals surface area contributed by atoms with Crippen molar-refractivity contribution < 1.29 is 14.3 Å². The Balaban J connectivity index is 1.39. The Morgan fingerprint density at radius 1 is 1.18 bits per heavy atom. The van der Waals surface area contributed by atoms with Crippen molar-refractivity contribution in [3.63, 3.8) is 0 Å². The van der Waals surface area contributed by atoms with Gasteiger partial charge in [-0.15, -0.1) is 0 Å². The first kappa shape index (κ1) is 19.1. The number of hydrogen-bond donors (Lipinski definition) is 1. The van der Waals surface area contributed by atoms with E-state index in [0.717, 1.165) is 36.4 Å². The molecule has 6 heteroatoms. The van der Waals surface area contributed by atoms with Crippen molar-refractivity contribution >= 4 is 17.5 Å². The standard InChI is InChI=1S/C22H25ClN2O3/c1-15(16-4-7-18(23)8-5-16)24-22(26)14-25-10-2-3-19(25)17-6-9-20-21(13-17)28-12-11-27-20/h4-9,13,15,19H,2-3,10-12,14H2,1H3,(H,24,26). The third kappa shape index (κ3) is 4.26. The molecule has 2 heterocycles. The van der Waals surface area contributed by atoms with Crippen LogP contribution < -0.4 is 14.8 Å². The van der Waals surface area contributed by atoms with Gasteiger partial charge in [0, 0.05) is 11.1 Å². The number of carbonyl (C=O) groups is 1. The lowest BCUT2D eigenvalue weighted by molar-refractivity contribution is -0.123. The molecule has 0 aromatic heterocycles. The molecule has 0 saturated carbocycles. The summed E-state index contributed by atoms with van der Waals surface area (Å²) in [5, 5.41) is 3.79. The SMILES string of the molecule is CC(NC(=O)CN1CCCC1c1ccc2c(c1)OCCO2)c1ccc(Cl)cc1. The fourth-order valence-corrected chi connectivity index (χ4v) is 4.09. The van der Waals surface area contributed by atoms with E-state index in [2.05, 4.69) is 22.3 Å². The number of nitrogens with zero attached hydrogens (tertiary/aromatic N) is 1. The van der Waals surface area contributed by atoms with Gasteiger partial charge in [-0.2, -0.15) is 0 Å². The van der Waals surface area contributed by atoms with Crippen LogP contribution in [-0.4, -0.2) is 37.1 Å². The van der Waals surface area contributed by atoms with Crippen LogP contribution >= 0.6 is 11.6 Å². The normalized spacial score (nSPS) is 20.0. The smallest absolute Gasteiger partial charge is 0.234 e. The maximum Gasteiger partial charge on any atom is 0.234 e. The van der Waals surface area contributed by atoms with Gasteiger partial charge in [0.05, 0.1) is 12.6 Å². The van der Waals surface area contributed by atoms with E-state index in [0.29, 0.717) is 24.8 Å². The van der Waals surface area contributed by atoms with Crippen LogP contribution in [0.5, 0.6) is 11.5 Å². The van der Waals surface area contributed by atoms with E-state index in [-0.39, 0.29) is 18.0 Å². The first-order valence-corrected chi connectivity index (χ1v) is 10.2. The summed E-state index contributed by atoms with van der Waals surface area (Å²) in [6.07, 6.45) is 2.12. The topological polar surface area (TPSA) is 50.8 Å². The van der Waals surface area contributed by atoms with Gasteiger partial charge >= 0.3 is 0 Å². The van der Waals surface area contributed by atoms with Gasteiger partial charge in [0.25, 0.3) is 0 Å². The summed E-state index contributed by atoms with van der Waals surface area (Å²) in [5.41, 5.74) is 2.22. The monoisotopic (exact) mass is 400 g/mol. The number of carbonyl (C=O) groups excluding carboxylic acids is 1. The molecule has 1 amide bonds. The molecule has 2 aliphatic heterocycles. The summed E-state index contributed by atoms with van der Waals surface area (Å²) in [6.45, 7) is 4.46. The Labute approximate surface area is 170 Å². The third-order valence-corrected chi connectivity index (χ3v) is 5.66. The fourth-order valence-electron chi connectivity index (χ4n) is 3.97. The second kappa shape index (κ2) is 8.41. The van der Waals surface area contributed by atoms with Crippen LogP contribution in [0.15, 0.2) is 42.5 Å². The average Bonchev–Trinajstić information content (AvgIpc) is 3.16. The summed E-state index contributed by atoms with van der Waals surface area (Å²) in [6, 6.07) is 13.9. The van der Waals surface area contributed by atoms with Crippen molar-refractivity contribution in [1.82, 2.24) is 10.2 Å². The number of ether oxygens (including phenoxy) is 2. The molecule has 0 aliphatic carbocycles. The van der Waals surface area contributed by atoms with E-state index < -0.39 is 0 Å². The van der Waals surface area contributed by atoms with Crippen LogP contribution in [-0.2, 0) is 4.79 Å². The number of fused-ring (bicyclic) bond motifs is 1. The predicted octanol–water partition coefficient (Wildman–Crippen LogP) is 4.13. The minimum atomic E-state index is -0.0555. The van der Waals surface area contributed by atoms with Crippen LogP contribution in [0, 0.1) is 0 Å². The number of nitrogens with one attached hydrogen (secondary N) is 1. The summed E-state index contributed by atoms with van der Waals surface area (Å²) in [5.74, 6) is 1.64. The Bertz CT molecular complexity index is 840. The van der Waals surface area contributed by atoms with Crippen LogP contribution in [0.2, 0.25) is 5.02 Å². The van der Waals surface area contributed by atoms with Gasteiger partial charge in [-0.3, -0.25) is 9.69 Å². The van der Waals surface area contributed by atoms with E-state index in [9.17, 15) is 4.79 Å². The maximum atomic E-state index is 12.6. The molecule has 2 aromatic rings. The molecule has 4 rings (SSSR count). The van der Waals surface area contributed by atoms with Crippen molar-refractivity contribution in [2.75, 3.05) is 26.3 Å². The molecule has 0 bridgehead atoms. The highest BCUT2D eigenvalue weighted by molar-refractivity contribution is 6.30. The van der Waals surface area contributed by atoms with Gasteiger partial charge < -0.3 is 14.8 Å². The number of amides is 1. The van der Waals surface area contributed by atoms with Crippen molar-refractivity contribution in [3.05, 3.63) is 58.6 Å². The van der Waals surface area contributed by atoms with Crippen molar-refractivity contribution in [2.24, 2.45) is 0 Å². The molecule has 2 aromatic carbocycles. The zero-order chi connectivity index (χ0) is 19.5. The molecule has 28 heavy (non-hydrogen) atoms.